The van der Waals surface area contributed by atoms with Gasteiger partial charge < -0.3 is 5.32 Å². The molecule has 1 saturated heterocycles. The van der Waals surface area contributed by atoms with Crippen LogP contribution in [0.5, 0.6) is 0 Å². The molecule has 1 unspecified atom stereocenters. The average Bonchev–Trinajstić information content (AvgIpc) is 2.72. The molecular formula is C17H17N3O4. The van der Waals surface area contributed by atoms with Gasteiger partial charge in [0.1, 0.15) is 6.04 Å². The van der Waals surface area contributed by atoms with Gasteiger partial charge in [0, 0.05) is 6.42 Å². The monoisotopic (exact) mass is 327 g/mol. The van der Waals surface area contributed by atoms with E-state index in [4.69, 9.17) is 0 Å². The number of fused-ring (bicyclic) bond motifs is 2. The maximum Gasteiger partial charge on any atom is 0.262 e. The van der Waals surface area contributed by atoms with Gasteiger partial charge in [-0.15, -0.1) is 0 Å². The zero-order valence-electron chi connectivity index (χ0n) is 13.1. The molecule has 1 fully saturated rings. The summed E-state index contributed by atoms with van der Waals surface area (Å²) in [5, 5.41) is 5.50. The first-order valence-electron chi connectivity index (χ1n) is 8.14. The standard InChI is InChI=1S/C17H17N3O4/c21-14-2-1-13(15(22)19-14)20-16(23)11-7-9-3-5-18-6-4-10(9)8-12(11)17(20)24/h7-8,13,18H,1-6H2,(H,19,21,22). The van der Waals surface area contributed by atoms with Crippen molar-refractivity contribution in [2.45, 2.75) is 31.7 Å². The first-order valence-corrected chi connectivity index (χ1v) is 8.14. The Balaban J connectivity index is 1.71. The van der Waals surface area contributed by atoms with Gasteiger partial charge in [-0.2, -0.15) is 0 Å². The summed E-state index contributed by atoms with van der Waals surface area (Å²) in [7, 11) is 0. The lowest BCUT2D eigenvalue weighted by Crippen LogP contribution is -2.54. The van der Waals surface area contributed by atoms with Crippen molar-refractivity contribution in [2.75, 3.05) is 13.1 Å². The lowest BCUT2D eigenvalue weighted by molar-refractivity contribution is -0.136. The number of carbonyl (C=O) groups is 4. The summed E-state index contributed by atoms with van der Waals surface area (Å²) in [5.74, 6) is -1.83. The van der Waals surface area contributed by atoms with Crippen LogP contribution in [0, 0.1) is 0 Å². The molecule has 24 heavy (non-hydrogen) atoms. The molecule has 4 rings (SSSR count). The molecule has 0 aliphatic carbocycles. The highest BCUT2D eigenvalue weighted by Crippen LogP contribution is 2.30. The molecule has 3 heterocycles. The average molecular weight is 327 g/mol. The molecule has 1 aromatic rings. The molecule has 3 aliphatic rings. The van der Waals surface area contributed by atoms with Crippen molar-refractivity contribution >= 4 is 23.6 Å². The Labute approximate surface area is 138 Å². The Morgan fingerprint density at radius 1 is 0.875 bits per heavy atom. The maximum absolute atomic E-state index is 12.7. The molecule has 1 atom stereocenters. The van der Waals surface area contributed by atoms with Crippen LogP contribution in [0.25, 0.3) is 0 Å². The minimum Gasteiger partial charge on any atom is -0.316 e. The van der Waals surface area contributed by atoms with Gasteiger partial charge in [0.25, 0.3) is 11.8 Å². The third-order valence-corrected chi connectivity index (χ3v) is 4.90. The van der Waals surface area contributed by atoms with Gasteiger partial charge >= 0.3 is 0 Å². The lowest BCUT2D eigenvalue weighted by atomic mass is 9.96. The Morgan fingerprint density at radius 2 is 1.46 bits per heavy atom. The molecule has 124 valence electrons. The first-order chi connectivity index (χ1) is 11.6. The number of amides is 4. The predicted octanol–water partition coefficient (Wildman–Crippen LogP) is -0.224. The van der Waals surface area contributed by atoms with Crippen molar-refractivity contribution in [1.82, 2.24) is 15.5 Å². The Bertz CT molecular complexity index is 741. The van der Waals surface area contributed by atoms with Crippen LogP contribution in [0.2, 0.25) is 0 Å². The Morgan fingerprint density at radius 3 is 2.00 bits per heavy atom. The fourth-order valence-electron chi connectivity index (χ4n) is 3.64. The maximum atomic E-state index is 12.7. The number of benzene rings is 1. The quantitative estimate of drug-likeness (QED) is 0.695. The molecule has 0 spiro atoms. The molecule has 0 radical (unpaired) electrons. The molecule has 7 nitrogen and oxygen atoms in total. The fraction of sp³-hybridized carbons (Fsp3) is 0.412. The normalized spacial score (nSPS) is 23.7. The second kappa shape index (κ2) is 5.52. The number of imide groups is 2. The molecule has 1 aromatic carbocycles. The van der Waals surface area contributed by atoms with E-state index in [1.165, 1.54) is 0 Å². The van der Waals surface area contributed by atoms with E-state index in [0.717, 1.165) is 42.0 Å². The highest BCUT2D eigenvalue weighted by atomic mass is 16.2. The van der Waals surface area contributed by atoms with E-state index in [1.54, 1.807) is 12.1 Å². The summed E-state index contributed by atoms with van der Waals surface area (Å²) in [6.45, 7) is 1.68. The van der Waals surface area contributed by atoms with Gasteiger partial charge in [-0.1, -0.05) is 0 Å². The van der Waals surface area contributed by atoms with Gasteiger partial charge in [-0.05, 0) is 55.6 Å². The zero-order valence-corrected chi connectivity index (χ0v) is 13.1. The van der Waals surface area contributed by atoms with E-state index >= 15 is 0 Å². The summed E-state index contributed by atoms with van der Waals surface area (Å²) < 4.78 is 0. The minimum atomic E-state index is -0.906. The summed E-state index contributed by atoms with van der Waals surface area (Å²) in [5.41, 5.74) is 2.88. The van der Waals surface area contributed by atoms with Crippen LogP contribution in [0.4, 0.5) is 0 Å². The molecule has 0 bridgehead atoms. The smallest absolute Gasteiger partial charge is 0.262 e. The zero-order chi connectivity index (χ0) is 16.8. The highest BCUT2D eigenvalue weighted by molar-refractivity contribution is 6.23. The molecule has 0 saturated carbocycles. The van der Waals surface area contributed by atoms with E-state index in [9.17, 15) is 19.2 Å². The number of piperidine rings is 1. The summed E-state index contributed by atoms with van der Waals surface area (Å²) >= 11 is 0. The largest absolute Gasteiger partial charge is 0.316 e. The Kier molecular flexibility index (Phi) is 3.45. The van der Waals surface area contributed by atoms with Crippen molar-refractivity contribution in [3.8, 4) is 0 Å². The van der Waals surface area contributed by atoms with Crippen LogP contribution in [-0.4, -0.2) is 47.7 Å². The van der Waals surface area contributed by atoms with Crippen LogP contribution in [-0.2, 0) is 22.4 Å². The number of carbonyl (C=O) groups excluding carboxylic acids is 4. The Hall–Kier alpha value is -2.54. The second-order valence-electron chi connectivity index (χ2n) is 6.36. The van der Waals surface area contributed by atoms with Gasteiger partial charge in [0.05, 0.1) is 11.1 Å². The molecule has 2 N–H and O–H groups in total. The van der Waals surface area contributed by atoms with Crippen LogP contribution in [0.15, 0.2) is 12.1 Å². The highest BCUT2D eigenvalue weighted by Gasteiger charge is 2.44. The molecule has 0 aromatic heterocycles. The molecule has 7 heteroatoms. The second-order valence-corrected chi connectivity index (χ2v) is 6.36. The van der Waals surface area contributed by atoms with Crippen molar-refractivity contribution in [2.24, 2.45) is 0 Å². The number of hydrogen-bond donors (Lipinski definition) is 2. The van der Waals surface area contributed by atoms with Gasteiger partial charge in [-0.25, -0.2) is 0 Å². The first kappa shape index (κ1) is 15.0. The predicted molar refractivity (Wildman–Crippen MR) is 83.4 cm³/mol. The SMILES string of the molecule is O=C1CCC(N2C(=O)c3cc4c(cc3C2=O)CCNCC4)C(=O)N1. The minimum absolute atomic E-state index is 0.131. The molecule has 4 amide bonds. The van der Waals surface area contributed by atoms with Crippen LogP contribution in [0.3, 0.4) is 0 Å². The third kappa shape index (κ3) is 2.24. The summed E-state index contributed by atoms with van der Waals surface area (Å²) in [6, 6.07) is 2.68. The van der Waals surface area contributed by atoms with Crippen LogP contribution >= 0.6 is 0 Å². The van der Waals surface area contributed by atoms with E-state index < -0.39 is 23.8 Å². The number of nitrogens with zero attached hydrogens (tertiary/aromatic N) is 1. The van der Waals surface area contributed by atoms with E-state index in [0.29, 0.717) is 11.1 Å². The molecule has 3 aliphatic heterocycles. The van der Waals surface area contributed by atoms with Gasteiger partial charge in [0.2, 0.25) is 11.8 Å². The van der Waals surface area contributed by atoms with Crippen molar-refractivity contribution < 1.29 is 19.2 Å². The summed E-state index contributed by atoms with van der Waals surface area (Å²) in [6.07, 6.45) is 1.93. The molecular weight excluding hydrogens is 310 g/mol. The van der Waals surface area contributed by atoms with Crippen LogP contribution in [0.1, 0.15) is 44.7 Å². The lowest BCUT2D eigenvalue weighted by Gasteiger charge is -2.27. The van der Waals surface area contributed by atoms with Gasteiger partial charge in [-0.3, -0.25) is 29.4 Å². The van der Waals surface area contributed by atoms with Crippen molar-refractivity contribution in [1.29, 1.82) is 0 Å². The topological polar surface area (TPSA) is 95.6 Å². The van der Waals surface area contributed by atoms with E-state index in [-0.39, 0.29) is 18.7 Å². The van der Waals surface area contributed by atoms with Crippen LogP contribution < -0.4 is 10.6 Å². The van der Waals surface area contributed by atoms with Crippen molar-refractivity contribution in [3.05, 3.63) is 34.4 Å². The van der Waals surface area contributed by atoms with E-state index in [2.05, 4.69) is 10.6 Å². The third-order valence-electron chi connectivity index (χ3n) is 4.90. The summed E-state index contributed by atoms with van der Waals surface area (Å²) in [4.78, 5) is 49.8. The number of hydrogen-bond acceptors (Lipinski definition) is 5. The van der Waals surface area contributed by atoms with Crippen molar-refractivity contribution in [3.63, 3.8) is 0 Å². The number of rotatable bonds is 1. The number of nitrogens with one attached hydrogen (secondary N) is 2. The van der Waals surface area contributed by atoms with Gasteiger partial charge in [0.15, 0.2) is 0 Å². The fourth-order valence-corrected chi connectivity index (χ4v) is 3.64. The van der Waals surface area contributed by atoms with E-state index in [1.807, 2.05) is 0 Å².